The van der Waals surface area contributed by atoms with E-state index in [-0.39, 0.29) is 6.04 Å². The van der Waals surface area contributed by atoms with E-state index in [0.29, 0.717) is 0 Å². The molecule has 3 aromatic rings. The van der Waals surface area contributed by atoms with Crippen molar-refractivity contribution < 1.29 is 9.47 Å². The van der Waals surface area contributed by atoms with E-state index in [0.717, 1.165) is 54.6 Å². The van der Waals surface area contributed by atoms with Crippen LogP contribution in [0.15, 0.2) is 30.6 Å². The fourth-order valence-corrected chi connectivity index (χ4v) is 4.68. The molecule has 2 aromatic heterocycles. The number of fused-ring (bicyclic) bond motifs is 1. The van der Waals surface area contributed by atoms with Gasteiger partial charge in [0, 0.05) is 24.5 Å². The van der Waals surface area contributed by atoms with Crippen molar-refractivity contribution in [1.29, 1.82) is 0 Å². The molecule has 28 heavy (non-hydrogen) atoms. The Morgan fingerprint density at radius 3 is 2.64 bits per heavy atom. The summed E-state index contributed by atoms with van der Waals surface area (Å²) in [5.41, 5.74) is 2.52. The highest BCUT2D eigenvalue weighted by molar-refractivity contribution is 7.18. The average Bonchev–Trinajstić information content (AvgIpc) is 3.04. The molecular weight excluding hydrogens is 372 g/mol. The lowest BCUT2D eigenvalue weighted by Gasteiger charge is -2.35. The molecule has 0 saturated carbocycles. The highest BCUT2D eigenvalue weighted by atomic mass is 32.1. The molecule has 1 N–H and O–H groups in total. The Morgan fingerprint density at radius 1 is 1.18 bits per heavy atom. The minimum atomic E-state index is 0.236. The number of rotatable bonds is 6. The van der Waals surface area contributed by atoms with Crippen LogP contribution in [-0.2, 0) is 4.74 Å². The van der Waals surface area contributed by atoms with Gasteiger partial charge in [0.1, 0.15) is 22.7 Å². The van der Waals surface area contributed by atoms with E-state index >= 15 is 0 Å². The molecule has 1 atom stereocenters. The van der Waals surface area contributed by atoms with Gasteiger partial charge in [0.15, 0.2) is 0 Å². The third-order valence-electron chi connectivity index (χ3n) is 5.42. The first-order valence-electron chi connectivity index (χ1n) is 9.57. The maximum atomic E-state index is 5.56. The summed E-state index contributed by atoms with van der Waals surface area (Å²) in [6, 6.07) is 8.59. The van der Waals surface area contributed by atoms with Crippen molar-refractivity contribution in [3.8, 4) is 5.75 Å². The average molecular weight is 399 g/mol. The highest BCUT2D eigenvalue weighted by Crippen LogP contribution is 2.33. The number of nitrogens with zero attached hydrogens (tertiary/aromatic N) is 3. The van der Waals surface area contributed by atoms with Crippen molar-refractivity contribution in [1.82, 2.24) is 14.9 Å². The monoisotopic (exact) mass is 398 g/mol. The molecular formula is C21H26N4O2S. The fraction of sp³-hybridized carbons (Fsp3) is 0.429. The lowest BCUT2D eigenvalue weighted by atomic mass is 10.0. The smallest absolute Gasteiger partial charge is 0.138 e. The summed E-state index contributed by atoms with van der Waals surface area (Å²) >= 11 is 1.72. The minimum absolute atomic E-state index is 0.236. The van der Waals surface area contributed by atoms with Crippen LogP contribution in [-0.4, -0.2) is 54.8 Å². The second-order valence-electron chi connectivity index (χ2n) is 7.00. The number of nitrogens with one attached hydrogen (secondary N) is 1. The zero-order valence-electron chi connectivity index (χ0n) is 16.6. The molecule has 1 fully saturated rings. The number of anilines is 1. The second kappa shape index (κ2) is 8.43. The first-order valence-corrected chi connectivity index (χ1v) is 10.4. The molecule has 0 amide bonds. The van der Waals surface area contributed by atoms with Crippen molar-refractivity contribution in [3.63, 3.8) is 0 Å². The Morgan fingerprint density at radius 2 is 1.93 bits per heavy atom. The van der Waals surface area contributed by atoms with Crippen molar-refractivity contribution >= 4 is 27.4 Å². The van der Waals surface area contributed by atoms with Crippen molar-refractivity contribution in [3.05, 3.63) is 46.6 Å². The fourth-order valence-electron chi connectivity index (χ4n) is 3.68. The molecule has 0 spiro atoms. The van der Waals surface area contributed by atoms with Crippen LogP contribution in [0.2, 0.25) is 0 Å². The van der Waals surface area contributed by atoms with E-state index in [4.69, 9.17) is 9.47 Å². The summed E-state index contributed by atoms with van der Waals surface area (Å²) in [6.07, 6.45) is 1.65. The molecule has 1 aliphatic rings. The van der Waals surface area contributed by atoms with Crippen molar-refractivity contribution in [2.75, 3.05) is 45.3 Å². The maximum absolute atomic E-state index is 5.56. The summed E-state index contributed by atoms with van der Waals surface area (Å²) in [4.78, 5) is 13.8. The van der Waals surface area contributed by atoms with Crippen LogP contribution in [0.4, 0.5) is 5.82 Å². The lowest BCUT2D eigenvalue weighted by Crippen LogP contribution is -2.41. The van der Waals surface area contributed by atoms with Crippen LogP contribution in [0, 0.1) is 13.8 Å². The van der Waals surface area contributed by atoms with Crippen LogP contribution in [0.25, 0.3) is 10.2 Å². The zero-order chi connectivity index (χ0) is 19.5. The molecule has 1 aliphatic heterocycles. The van der Waals surface area contributed by atoms with Crippen LogP contribution >= 0.6 is 11.3 Å². The summed E-state index contributed by atoms with van der Waals surface area (Å²) in [5, 5.41) is 4.75. The van der Waals surface area contributed by atoms with E-state index in [1.165, 1.54) is 16.0 Å². The molecule has 1 aromatic carbocycles. The third-order valence-corrected chi connectivity index (χ3v) is 6.53. The van der Waals surface area contributed by atoms with Crippen molar-refractivity contribution in [2.45, 2.75) is 19.9 Å². The number of aryl methyl sites for hydroxylation is 2. The molecule has 6 nitrogen and oxygen atoms in total. The third kappa shape index (κ3) is 3.83. The maximum Gasteiger partial charge on any atom is 0.138 e. The zero-order valence-corrected chi connectivity index (χ0v) is 17.4. The number of hydrogen-bond acceptors (Lipinski definition) is 7. The highest BCUT2D eigenvalue weighted by Gasteiger charge is 2.23. The van der Waals surface area contributed by atoms with Crippen LogP contribution < -0.4 is 10.1 Å². The predicted molar refractivity (Wildman–Crippen MR) is 114 cm³/mol. The van der Waals surface area contributed by atoms with Crippen LogP contribution in [0.5, 0.6) is 5.75 Å². The van der Waals surface area contributed by atoms with Gasteiger partial charge < -0.3 is 14.8 Å². The van der Waals surface area contributed by atoms with E-state index in [1.54, 1.807) is 24.8 Å². The Kier molecular flexibility index (Phi) is 5.75. The summed E-state index contributed by atoms with van der Waals surface area (Å²) in [5.74, 6) is 1.79. The minimum Gasteiger partial charge on any atom is -0.497 e. The Bertz CT molecular complexity index is 935. The van der Waals surface area contributed by atoms with E-state index in [9.17, 15) is 0 Å². The quantitative estimate of drug-likeness (QED) is 0.682. The van der Waals surface area contributed by atoms with Gasteiger partial charge in [0.05, 0.1) is 31.8 Å². The first-order chi connectivity index (χ1) is 13.7. The molecule has 148 valence electrons. The van der Waals surface area contributed by atoms with Gasteiger partial charge in [-0.2, -0.15) is 0 Å². The number of methoxy groups -OCH3 is 1. The molecule has 7 heteroatoms. The molecule has 4 rings (SSSR count). The Labute approximate surface area is 169 Å². The Hall–Kier alpha value is -2.22. The number of hydrogen-bond donors (Lipinski definition) is 1. The van der Waals surface area contributed by atoms with Gasteiger partial charge in [-0.25, -0.2) is 9.97 Å². The Balaban J connectivity index is 1.60. The number of ether oxygens (including phenoxy) is 2. The normalized spacial score (nSPS) is 16.2. The van der Waals surface area contributed by atoms with Gasteiger partial charge in [0.2, 0.25) is 0 Å². The van der Waals surface area contributed by atoms with E-state index in [2.05, 4.69) is 46.2 Å². The molecule has 0 aliphatic carbocycles. The molecule has 0 unspecified atom stereocenters. The molecule has 3 heterocycles. The predicted octanol–water partition coefficient (Wildman–Crippen LogP) is 3.80. The SMILES string of the molecule is COc1ccc([C@@H](CNc2ncnc3sc(C)c(C)c23)N2CCOCC2)cc1. The second-order valence-corrected chi connectivity index (χ2v) is 8.21. The number of morpholine rings is 1. The molecule has 0 radical (unpaired) electrons. The standard InChI is InChI=1S/C21H26N4O2S/c1-14-15(2)28-21-19(14)20(23-13-24-21)22-12-18(25-8-10-27-11-9-25)16-4-6-17(26-3)7-5-16/h4-7,13,18H,8-12H2,1-3H3,(H,22,23,24)/t18-/m1/s1. The van der Waals surface area contributed by atoms with Gasteiger partial charge in [-0.05, 0) is 37.1 Å². The topological polar surface area (TPSA) is 59.5 Å². The number of benzene rings is 1. The largest absolute Gasteiger partial charge is 0.497 e. The van der Waals surface area contributed by atoms with E-state index in [1.807, 2.05) is 12.1 Å². The van der Waals surface area contributed by atoms with Gasteiger partial charge in [-0.3, -0.25) is 4.90 Å². The summed E-state index contributed by atoms with van der Waals surface area (Å²) in [6.45, 7) is 8.44. The first kappa shape index (κ1) is 19.1. The van der Waals surface area contributed by atoms with Gasteiger partial charge >= 0.3 is 0 Å². The lowest BCUT2D eigenvalue weighted by molar-refractivity contribution is 0.0187. The van der Waals surface area contributed by atoms with E-state index < -0.39 is 0 Å². The van der Waals surface area contributed by atoms with Crippen LogP contribution in [0.3, 0.4) is 0 Å². The van der Waals surface area contributed by atoms with Gasteiger partial charge in [0.25, 0.3) is 0 Å². The van der Waals surface area contributed by atoms with Gasteiger partial charge in [-0.1, -0.05) is 12.1 Å². The summed E-state index contributed by atoms with van der Waals surface area (Å²) in [7, 11) is 1.70. The van der Waals surface area contributed by atoms with Gasteiger partial charge in [-0.15, -0.1) is 11.3 Å². The number of aromatic nitrogens is 2. The van der Waals surface area contributed by atoms with Crippen molar-refractivity contribution in [2.24, 2.45) is 0 Å². The molecule has 1 saturated heterocycles. The number of thiophene rings is 1. The summed E-state index contributed by atoms with van der Waals surface area (Å²) < 4.78 is 10.9. The molecule has 0 bridgehead atoms. The van der Waals surface area contributed by atoms with Crippen LogP contribution in [0.1, 0.15) is 22.0 Å².